The summed E-state index contributed by atoms with van der Waals surface area (Å²) in [6.07, 6.45) is 8.50. The Kier molecular flexibility index (Phi) is 6.67. The van der Waals surface area contributed by atoms with Gasteiger partial charge in [-0.25, -0.2) is 0 Å². The Morgan fingerprint density at radius 3 is 2.25 bits per heavy atom. The first-order chi connectivity index (χ1) is 5.66. The van der Waals surface area contributed by atoms with Gasteiger partial charge in [-0.3, -0.25) is 0 Å². The molecule has 0 aliphatic heterocycles. The van der Waals surface area contributed by atoms with E-state index in [1.54, 1.807) is 0 Å². The molecular weight excluding hydrogens is 150 g/mol. The van der Waals surface area contributed by atoms with Crippen LogP contribution < -0.4 is 0 Å². The maximum absolute atomic E-state index is 10.1. The zero-order valence-corrected chi connectivity index (χ0v) is 8.29. The van der Waals surface area contributed by atoms with Gasteiger partial charge in [-0.1, -0.05) is 12.2 Å². The monoisotopic (exact) mass is 169 g/mol. The highest BCUT2D eigenvalue weighted by atomic mass is 16.1. The van der Waals surface area contributed by atoms with Crippen molar-refractivity contribution in [1.29, 1.82) is 0 Å². The summed E-state index contributed by atoms with van der Waals surface area (Å²) < 4.78 is 0. The maximum atomic E-state index is 10.1. The lowest BCUT2D eigenvalue weighted by Crippen LogP contribution is -2.00. The van der Waals surface area contributed by atoms with Crippen molar-refractivity contribution in [3.63, 3.8) is 0 Å². The summed E-state index contributed by atoms with van der Waals surface area (Å²) in [4.78, 5) is 12.1. The van der Waals surface area contributed by atoms with E-state index < -0.39 is 0 Å². The molecule has 1 rings (SSSR count). The second kappa shape index (κ2) is 7.04. The predicted octanol–water partition coefficient (Wildman–Crippen LogP) is 1.72. The maximum Gasteiger partial charge on any atom is 0.126 e. The molecule has 0 N–H and O–H groups in total. The third-order valence-corrected chi connectivity index (χ3v) is 1.47. The smallest absolute Gasteiger partial charge is 0.126 e. The lowest BCUT2D eigenvalue weighted by molar-refractivity contribution is -0.110. The summed E-state index contributed by atoms with van der Waals surface area (Å²) in [6, 6.07) is 0. The Hall–Kier alpha value is -0.630. The second-order valence-electron chi connectivity index (χ2n) is 3.50. The van der Waals surface area contributed by atoms with Gasteiger partial charge in [0.05, 0.1) is 0 Å². The Morgan fingerprint density at radius 2 is 2.00 bits per heavy atom. The minimum Gasteiger partial charge on any atom is -0.312 e. The van der Waals surface area contributed by atoms with Crippen LogP contribution in [0.1, 0.15) is 19.3 Å². The minimum atomic E-state index is 0.226. The van der Waals surface area contributed by atoms with E-state index in [4.69, 9.17) is 0 Å². The third kappa shape index (κ3) is 7.48. The average molecular weight is 169 g/mol. The number of allylic oxidation sites excluding steroid dienone is 2. The van der Waals surface area contributed by atoms with Crippen LogP contribution in [-0.2, 0) is 4.79 Å². The van der Waals surface area contributed by atoms with Crippen LogP contribution in [0, 0.1) is 5.92 Å². The first-order valence-corrected chi connectivity index (χ1v) is 4.39. The van der Waals surface area contributed by atoms with E-state index in [2.05, 4.69) is 6.08 Å². The number of rotatable bonds is 1. The molecular formula is C10H19NO. The van der Waals surface area contributed by atoms with Crippen LogP contribution in [0.25, 0.3) is 0 Å². The van der Waals surface area contributed by atoms with Crippen LogP contribution in [0.4, 0.5) is 0 Å². The van der Waals surface area contributed by atoms with E-state index in [1.165, 1.54) is 6.42 Å². The summed E-state index contributed by atoms with van der Waals surface area (Å²) >= 11 is 0. The van der Waals surface area contributed by atoms with Gasteiger partial charge >= 0.3 is 0 Å². The molecule has 0 amide bonds. The molecule has 0 radical (unpaired) electrons. The summed E-state index contributed by atoms with van der Waals surface area (Å²) in [5.41, 5.74) is 0. The van der Waals surface area contributed by atoms with Crippen LogP contribution in [0.2, 0.25) is 0 Å². The third-order valence-electron chi connectivity index (χ3n) is 1.47. The molecule has 1 unspecified atom stereocenters. The molecule has 0 saturated carbocycles. The number of hydrogen-bond donors (Lipinski definition) is 0. The summed E-state index contributed by atoms with van der Waals surface area (Å²) in [6.45, 7) is 0. The van der Waals surface area contributed by atoms with Crippen LogP contribution in [0.3, 0.4) is 0 Å². The van der Waals surface area contributed by atoms with Crippen molar-refractivity contribution >= 4 is 6.29 Å². The molecule has 0 bridgehead atoms. The fourth-order valence-electron chi connectivity index (χ4n) is 0.952. The molecule has 1 atom stereocenters. The van der Waals surface area contributed by atoms with Crippen molar-refractivity contribution in [2.75, 3.05) is 21.1 Å². The van der Waals surface area contributed by atoms with Crippen molar-refractivity contribution in [2.45, 2.75) is 19.3 Å². The van der Waals surface area contributed by atoms with Gasteiger partial charge in [0, 0.05) is 5.92 Å². The zero-order chi connectivity index (χ0) is 9.40. The first-order valence-electron chi connectivity index (χ1n) is 4.39. The van der Waals surface area contributed by atoms with E-state index in [0.29, 0.717) is 0 Å². The molecule has 1 aliphatic rings. The summed E-state index contributed by atoms with van der Waals surface area (Å²) in [5.74, 6) is 0.226. The van der Waals surface area contributed by atoms with Crippen LogP contribution in [0.5, 0.6) is 0 Å². The molecule has 0 aromatic carbocycles. The standard InChI is InChI=1S/C7H10O.C3H9N/c8-6-7-4-2-1-3-5-7;1-4(2)3/h2,4,6-7H,1,3,5H2;1-3H3. The SMILES string of the molecule is CN(C)C.O=CC1C=CCCC1. The van der Waals surface area contributed by atoms with Gasteiger partial charge in [0.15, 0.2) is 0 Å². The van der Waals surface area contributed by atoms with Gasteiger partial charge in [-0.2, -0.15) is 0 Å². The molecule has 12 heavy (non-hydrogen) atoms. The van der Waals surface area contributed by atoms with Crippen molar-refractivity contribution in [1.82, 2.24) is 4.90 Å². The van der Waals surface area contributed by atoms with E-state index >= 15 is 0 Å². The van der Waals surface area contributed by atoms with Gasteiger partial charge in [0.25, 0.3) is 0 Å². The molecule has 0 aromatic heterocycles. The van der Waals surface area contributed by atoms with Crippen molar-refractivity contribution in [3.05, 3.63) is 12.2 Å². The number of hydrogen-bond acceptors (Lipinski definition) is 2. The van der Waals surface area contributed by atoms with Crippen molar-refractivity contribution < 1.29 is 4.79 Å². The number of nitrogens with zero attached hydrogens (tertiary/aromatic N) is 1. The number of carbonyl (C=O) groups excluding carboxylic acids is 1. The van der Waals surface area contributed by atoms with Crippen molar-refractivity contribution in [2.24, 2.45) is 5.92 Å². The summed E-state index contributed by atoms with van der Waals surface area (Å²) in [7, 11) is 6.00. The van der Waals surface area contributed by atoms with E-state index in [-0.39, 0.29) is 5.92 Å². The average Bonchev–Trinajstić information content (AvgIpc) is 2.05. The molecule has 0 spiro atoms. The van der Waals surface area contributed by atoms with Gasteiger partial charge in [0.2, 0.25) is 0 Å². The molecule has 70 valence electrons. The highest BCUT2D eigenvalue weighted by molar-refractivity contribution is 5.56. The van der Waals surface area contributed by atoms with E-state index in [1.807, 2.05) is 32.1 Å². The zero-order valence-electron chi connectivity index (χ0n) is 8.29. The van der Waals surface area contributed by atoms with Crippen molar-refractivity contribution in [3.8, 4) is 0 Å². The Labute approximate surface area is 75.3 Å². The Bertz CT molecular complexity index is 138. The van der Waals surface area contributed by atoms with Gasteiger partial charge in [-0.05, 0) is 40.4 Å². The largest absolute Gasteiger partial charge is 0.312 e. The lowest BCUT2D eigenvalue weighted by atomic mass is 9.98. The Morgan fingerprint density at radius 1 is 1.42 bits per heavy atom. The predicted molar refractivity (Wildman–Crippen MR) is 52.2 cm³/mol. The van der Waals surface area contributed by atoms with Gasteiger partial charge < -0.3 is 9.69 Å². The topological polar surface area (TPSA) is 20.3 Å². The van der Waals surface area contributed by atoms with Crippen LogP contribution in [-0.4, -0.2) is 32.3 Å². The quantitative estimate of drug-likeness (QED) is 0.440. The molecule has 2 heteroatoms. The van der Waals surface area contributed by atoms with Gasteiger partial charge in [0.1, 0.15) is 6.29 Å². The Balaban J connectivity index is 0.000000261. The molecule has 2 nitrogen and oxygen atoms in total. The lowest BCUT2D eigenvalue weighted by Gasteiger charge is -2.07. The molecule has 0 heterocycles. The minimum absolute atomic E-state index is 0.226. The highest BCUT2D eigenvalue weighted by Gasteiger charge is 2.04. The molecule has 0 saturated heterocycles. The fourth-order valence-corrected chi connectivity index (χ4v) is 0.952. The molecule has 0 fully saturated rings. The van der Waals surface area contributed by atoms with Crippen LogP contribution >= 0.6 is 0 Å². The number of aldehydes is 1. The molecule has 1 aliphatic carbocycles. The normalized spacial score (nSPS) is 21.5. The fraction of sp³-hybridized carbons (Fsp3) is 0.700. The number of carbonyl (C=O) groups is 1. The van der Waals surface area contributed by atoms with Crippen LogP contribution in [0.15, 0.2) is 12.2 Å². The molecule has 0 aromatic rings. The van der Waals surface area contributed by atoms with Gasteiger partial charge in [-0.15, -0.1) is 0 Å². The van der Waals surface area contributed by atoms with E-state index in [9.17, 15) is 4.79 Å². The second-order valence-corrected chi connectivity index (χ2v) is 3.50. The summed E-state index contributed by atoms with van der Waals surface area (Å²) in [5, 5.41) is 0. The highest BCUT2D eigenvalue weighted by Crippen LogP contribution is 2.13. The first kappa shape index (κ1) is 11.4. The van der Waals surface area contributed by atoms with E-state index in [0.717, 1.165) is 19.1 Å².